The predicted molar refractivity (Wildman–Crippen MR) is 70.8 cm³/mol. The molecule has 1 aromatic carbocycles. The van der Waals surface area contributed by atoms with E-state index in [1.807, 2.05) is 42.6 Å². The van der Waals surface area contributed by atoms with Gasteiger partial charge in [0.1, 0.15) is 5.65 Å². The van der Waals surface area contributed by atoms with Gasteiger partial charge in [0.05, 0.1) is 11.9 Å². The summed E-state index contributed by atoms with van der Waals surface area (Å²) in [6.45, 7) is 0. The molecule has 3 rings (SSSR count). The van der Waals surface area contributed by atoms with E-state index >= 15 is 0 Å². The molecule has 0 aliphatic heterocycles. The Morgan fingerprint density at radius 1 is 1.12 bits per heavy atom. The van der Waals surface area contributed by atoms with E-state index in [1.165, 1.54) is 0 Å². The molecule has 0 fully saturated rings. The maximum Gasteiger partial charge on any atom is 0.137 e. The minimum atomic E-state index is 0.714. The molecule has 17 heavy (non-hydrogen) atoms. The summed E-state index contributed by atoms with van der Waals surface area (Å²) in [6.07, 6.45) is 3.67. The summed E-state index contributed by atoms with van der Waals surface area (Å²) in [5.41, 5.74) is 2.79. The summed E-state index contributed by atoms with van der Waals surface area (Å²) in [5.74, 6) is 0. The summed E-state index contributed by atoms with van der Waals surface area (Å²) < 4.78 is 0. The summed E-state index contributed by atoms with van der Waals surface area (Å²) in [5, 5.41) is 5.06. The van der Waals surface area contributed by atoms with Crippen molar-refractivity contribution in [2.75, 3.05) is 5.32 Å². The molecular formula is C13H10ClN3. The number of fused-ring (bicyclic) bond motifs is 1. The van der Waals surface area contributed by atoms with Gasteiger partial charge in [0.2, 0.25) is 0 Å². The van der Waals surface area contributed by atoms with Crippen LogP contribution in [-0.4, -0.2) is 9.97 Å². The molecular weight excluding hydrogens is 234 g/mol. The van der Waals surface area contributed by atoms with E-state index in [0.29, 0.717) is 5.02 Å². The second-order valence-electron chi connectivity index (χ2n) is 3.77. The molecule has 0 radical (unpaired) electrons. The van der Waals surface area contributed by atoms with Gasteiger partial charge in [-0.15, -0.1) is 0 Å². The molecule has 0 unspecified atom stereocenters. The van der Waals surface area contributed by atoms with Gasteiger partial charge < -0.3 is 10.3 Å². The van der Waals surface area contributed by atoms with Crippen molar-refractivity contribution in [3.63, 3.8) is 0 Å². The van der Waals surface area contributed by atoms with Crippen molar-refractivity contribution in [3.05, 3.63) is 53.8 Å². The first kappa shape index (κ1) is 10.2. The zero-order valence-electron chi connectivity index (χ0n) is 8.94. The molecule has 0 atom stereocenters. The molecule has 2 aromatic heterocycles. The number of H-pyrrole nitrogens is 1. The summed E-state index contributed by atoms with van der Waals surface area (Å²) in [4.78, 5) is 7.37. The average Bonchev–Trinajstić information content (AvgIpc) is 2.76. The van der Waals surface area contributed by atoms with Crippen LogP contribution >= 0.6 is 11.6 Å². The molecule has 0 bridgehead atoms. The Labute approximate surface area is 103 Å². The third kappa shape index (κ3) is 2.10. The van der Waals surface area contributed by atoms with E-state index in [2.05, 4.69) is 15.3 Å². The molecule has 4 heteroatoms. The SMILES string of the molecule is Clc1cccc(Nc2cnc3[nH]ccc3c2)c1. The zero-order chi connectivity index (χ0) is 11.7. The lowest BCUT2D eigenvalue weighted by molar-refractivity contribution is 1.32. The lowest BCUT2D eigenvalue weighted by Gasteiger charge is -2.06. The molecule has 3 aromatic rings. The molecule has 3 nitrogen and oxygen atoms in total. The van der Waals surface area contributed by atoms with Gasteiger partial charge in [-0.25, -0.2) is 4.98 Å². The molecule has 0 spiro atoms. The topological polar surface area (TPSA) is 40.7 Å². The third-order valence-electron chi connectivity index (χ3n) is 2.51. The molecule has 0 saturated heterocycles. The Bertz CT molecular complexity index is 660. The van der Waals surface area contributed by atoms with Gasteiger partial charge in [-0.3, -0.25) is 0 Å². The van der Waals surface area contributed by atoms with E-state index in [1.54, 1.807) is 6.20 Å². The average molecular weight is 244 g/mol. The van der Waals surface area contributed by atoms with E-state index in [0.717, 1.165) is 22.4 Å². The lowest BCUT2D eigenvalue weighted by atomic mass is 10.3. The third-order valence-corrected chi connectivity index (χ3v) is 2.75. The fourth-order valence-corrected chi connectivity index (χ4v) is 1.93. The van der Waals surface area contributed by atoms with Gasteiger partial charge in [-0.2, -0.15) is 0 Å². The molecule has 0 aliphatic carbocycles. The highest BCUT2D eigenvalue weighted by atomic mass is 35.5. The Balaban J connectivity index is 1.94. The number of pyridine rings is 1. The molecule has 0 aliphatic rings. The van der Waals surface area contributed by atoms with Crippen molar-refractivity contribution in [1.82, 2.24) is 9.97 Å². The fraction of sp³-hybridized carbons (Fsp3) is 0. The van der Waals surface area contributed by atoms with Crippen molar-refractivity contribution in [2.24, 2.45) is 0 Å². The van der Waals surface area contributed by atoms with Crippen molar-refractivity contribution in [1.29, 1.82) is 0 Å². The van der Waals surface area contributed by atoms with Crippen LogP contribution in [-0.2, 0) is 0 Å². The van der Waals surface area contributed by atoms with Crippen LogP contribution in [0.15, 0.2) is 48.8 Å². The zero-order valence-corrected chi connectivity index (χ0v) is 9.70. The molecule has 0 amide bonds. The van der Waals surface area contributed by atoms with E-state index < -0.39 is 0 Å². The normalized spacial score (nSPS) is 10.6. The number of aromatic nitrogens is 2. The van der Waals surface area contributed by atoms with Gasteiger partial charge in [-0.1, -0.05) is 17.7 Å². The van der Waals surface area contributed by atoms with E-state index in [4.69, 9.17) is 11.6 Å². The highest BCUT2D eigenvalue weighted by Crippen LogP contribution is 2.21. The minimum absolute atomic E-state index is 0.714. The molecule has 84 valence electrons. The first-order valence-corrected chi connectivity index (χ1v) is 5.65. The van der Waals surface area contributed by atoms with Crippen LogP contribution < -0.4 is 5.32 Å². The number of nitrogens with zero attached hydrogens (tertiary/aromatic N) is 1. The number of anilines is 2. The second kappa shape index (κ2) is 4.11. The smallest absolute Gasteiger partial charge is 0.137 e. The van der Waals surface area contributed by atoms with E-state index in [9.17, 15) is 0 Å². The van der Waals surface area contributed by atoms with Crippen LogP contribution in [0.2, 0.25) is 5.02 Å². The number of hydrogen-bond acceptors (Lipinski definition) is 2. The number of hydrogen-bond donors (Lipinski definition) is 2. The Morgan fingerprint density at radius 2 is 2.06 bits per heavy atom. The molecule has 2 heterocycles. The van der Waals surface area contributed by atoms with Crippen LogP contribution in [0.4, 0.5) is 11.4 Å². The number of nitrogens with one attached hydrogen (secondary N) is 2. The molecule has 2 N–H and O–H groups in total. The highest BCUT2D eigenvalue weighted by Gasteiger charge is 1.99. The largest absolute Gasteiger partial charge is 0.354 e. The quantitative estimate of drug-likeness (QED) is 0.715. The maximum atomic E-state index is 5.93. The second-order valence-corrected chi connectivity index (χ2v) is 4.21. The van der Waals surface area contributed by atoms with Gasteiger partial charge in [0.25, 0.3) is 0 Å². The van der Waals surface area contributed by atoms with Crippen molar-refractivity contribution in [3.8, 4) is 0 Å². The summed E-state index contributed by atoms with van der Waals surface area (Å²) in [7, 11) is 0. The number of halogens is 1. The lowest BCUT2D eigenvalue weighted by Crippen LogP contribution is -1.90. The van der Waals surface area contributed by atoms with Gasteiger partial charge >= 0.3 is 0 Å². The van der Waals surface area contributed by atoms with Gasteiger partial charge in [0.15, 0.2) is 0 Å². The number of rotatable bonds is 2. The first-order chi connectivity index (χ1) is 8.31. The fourth-order valence-electron chi connectivity index (χ4n) is 1.74. The monoisotopic (exact) mass is 243 g/mol. The Hall–Kier alpha value is -2.00. The maximum absolute atomic E-state index is 5.93. The number of benzene rings is 1. The summed E-state index contributed by atoms with van der Waals surface area (Å²) in [6, 6.07) is 11.6. The van der Waals surface area contributed by atoms with Crippen LogP contribution in [0, 0.1) is 0 Å². The predicted octanol–water partition coefficient (Wildman–Crippen LogP) is 3.96. The van der Waals surface area contributed by atoms with Crippen molar-refractivity contribution >= 4 is 34.0 Å². The van der Waals surface area contributed by atoms with Crippen molar-refractivity contribution < 1.29 is 0 Å². The van der Waals surface area contributed by atoms with Crippen LogP contribution in [0.5, 0.6) is 0 Å². The highest BCUT2D eigenvalue weighted by molar-refractivity contribution is 6.30. The first-order valence-electron chi connectivity index (χ1n) is 5.27. The van der Waals surface area contributed by atoms with E-state index in [-0.39, 0.29) is 0 Å². The van der Waals surface area contributed by atoms with Gasteiger partial charge in [-0.05, 0) is 30.3 Å². The standard InChI is InChI=1S/C13H10ClN3/c14-10-2-1-3-11(7-10)17-12-6-9-4-5-15-13(9)16-8-12/h1-8,17H,(H,15,16). The molecule has 0 saturated carbocycles. The summed E-state index contributed by atoms with van der Waals surface area (Å²) >= 11 is 5.93. The Kier molecular flexibility index (Phi) is 2.46. The van der Waals surface area contributed by atoms with Crippen molar-refractivity contribution in [2.45, 2.75) is 0 Å². The van der Waals surface area contributed by atoms with Gasteiger partial charge in [0, 0.05) is 22.3 Å². The van der Waals surface area contributed by atoms with Crippen LogP contribution in [0.25, 0.3) is 11.0 Å². The number of aromatic amines is 1. The van der Waals surface area contributed by atoms with Crippen LogP contribution in [0.1, 0.15) is 0 Å². The minimum Gasteiger partial charge on any atom is -0.354 e. The Morgan fingerprint density at radius 3 is 2.94 bits per heavy atom. The van der Waals surface area contributed by atoms with Crippen LogP contribution in [0.3, 0.4) is 0 Å².